The minimum atomic E-state index is -0.953. The van der Waals surface area contributed by atoms with E-state index in [-0.39, 0.29) is 12.3 Å². The van der Waals surface area contributed by atoms with Gasteiger partial charge in [0.15, 0.2) is 0 Å². The Labute approximate surface area is 92.3 Å². The first-order valence-electron chi connectivity index (χ1n) is 5.00. The summed E-state index contributed by atoms with van der Waals surface area (Å²) in [6, 6.07) is -0.785. The van der Waals surface area contributed by atoms with E-state index in [9.17, 15) is 14.7 Å². The molecule has 7 nitrogen and oxygen atoms in total. The Hall–Kier alpha value is -1.63. The summed E-state index contributed by atoms with van der Waals surface area (Å²) in [6.07, 6.45) is 0.744. The zero-order chi connectivity index (χ0) is 12.1. The van der Waals surface area contributed by atoms with Gasteiger partial charge >= 0.3 is 12.0 Å². The summed E-state index contributed by atoms with van der Waals surface area (Å²) >= 11 is 0. The van der Waals surface area contributed by atoms with Gasteiger partial charge in [0, 0.05) is 11.6 Å². The van der Waals surface area contributed by atoms with Crippen LogP contribution in [0.2, 0.25) is 0 Å². The highest BCUT2D eigenvalue weighted by atomic mass is 16.4. The van der Waals surface area contributed by atoms with Crippen molar-refractivity contribution in [2.75, 3.05) is 0 Å². The fourth-order valence-corrected chi connectivity index (χ4v) is 1.79. The molecule has 7 heteroatoms. The van der Waals surface area contributed by atoms with Crippen molar-refractivity contribution in [3.63, 3.8) is 0 Å². The Morgan fingerprint density at radius 1 is 1.56 bits per heavy atom. The molecule has 2 unspecified atom stereocenters. The third-order valence-electron chi connectivity index (χ3n) is 2.49. The number of nitrogens with one attached hydrogen (secondary N) is 1. The fraction of sp³-hybridized carbons (Fsp3) is 0.667. The Balaban J connectivity index is 2.67. The van der Waals surface area contributed by atoms with E-state index in [2.05, 4.69) is 10.5 Å². The van der Waals surface area contributed by atoms with Crippen LogP contribution in [0.15, 0.2) is 5.10 Å². The second-order valence-corrected chi connectivity index (χ2v) is 3.80. The second-order valence-electron chi connectivity index (χ2n) is 3.80. The molecule has 1 aliphatic carbocycles. The molecule has 1 fully saturated rings. The third-order valence-corrected chi connectivity index (χ3v) is 2.49. The predicted molar refractivity (Wildman–Crippen MR) is 55.8 cm³/mol. The van der Waals surface area contributed by atoms with Gasteiger partial charge in [-0.2, -0.15) is 5.10 Å². The lowest BCUT2D eigenvalue weighted by molar-refractivity contribution is -0.137. The van der Waals surface area contributed by atoms with Crippen LogP contribution in [0.25, 0.3) is 0 Å². The number of aliphatic hydroxyl groups excluding tert-OH is 1. The molecule has 0 heterocycles. The standard InChI is InChI=1S/C9H15N3O4/c10-9(16)12-11-7-2-1-6(13)3-5(7)4-8(14)15/h5-6,13H,1-4H2,(H,14,15)(H3,10,12,16)/b11-7-. The predicted octanol–water partition coefficient (Wildman–Crippen LogP) is -0.354. The van der Waals surface area contributed by atoms with Crippen LogP contribution in [0, 0.1) is 5.92 Å². The zero-order valence-electron chi connectivity index (χ0n) is 8.72. The normalized spacial score (nSPS) is 27.7. The maximum Gasteiger partial charge on any atom is 0.332 e. The molecular formula is C9H15N3O4. The smallest absolute Gasteiger partial charge is 0.332 e. The van der Waals surface area contributed by atoms with Gasteiger partial charge in [-0.05, 0) is 19.3 Å². The quantitative estimate of drug-likeness (QED) is 0.493. The summed E-state index contributed by atoms with van der Waals surface area (Å²) in [5, 5.41) is 21.9. The average Bonchev–Trinajstić information content (AvgIpc) is 2.15. The van der Waals surface area contributed by atoms with Crippen molar-refractivity contribution in [2.24, 2.45) is 16.8 Å². The molecule has 1 saturated carbocycles. The number of carboxylic acid groups (broad SMARTS) is 1. The molecule has 0 aromatic rings. The van der Waals surface area contributed by atoms with E-state index >= 15 is 0 Å². The lowest BCUT2D eigenvalue weighted by Gasteiger charge is -2.26. The first kappa shape index (κ1) is 12.4. The minimum absolute atomic E-state index is 0.101. The molecule has 2 amide bonds. The number of primary amides is 1. The molecule has 5 N–H and O–H groups in total. The van der Waals surface area contributed by atoms with Crippen LogP contribution in [0.1, 0.15) is 25.7 Å². The molecule has 0 saturated heterocycles. The number of nitrogens with zero attached hydrogens (tertiary/aromatic N) is 1. The highest BCUT2D eigenvalue weighted by Gasteiger charge is 2.28. The van der Waals surface area contributed by atoms with Crippen molar-refractivity contribution < 1.29 is 19.8 Å². The first-order chi connectivity index (χ1) is 7.49. The molecule has 0 aromatic carbocycles. The van der Waals surface area contributed by atoms with Gasteiger partial charge in [-0.3, -0.25) is 4.79 Å². The number of aliphatic hydroxyl groups is 1. The monoisotopic (exact) mass is 229 g/mol. The molecule has 0 radical (unpaired) electrons. The van der Waals surface area contributed by atoms with Gasteiger partial charge in [-0.25, -0.2) is 10.2 Å². The van der Waals surface area contributed by atoms with Crippen molar-refractivity contribution in [3.05, 3.63) is 0 Å². The average molecular weight is 229 g/mol. The Kier molecular flexibility index (Phi) is 4.24. The van der Waals surface area contributed by atoms with E-state index < -0.39 is 18.1 Å². The maximum absolute atomic E-state index is 10.6. The third kappa shape index (κ3) is 3.85. The zero-order valence-corrected chi connectivity index (χ0v) is 8.72. The summed E-state index contributed by atoms with van der Waals surface area (Å²) in [5.41, 5.74) is 7.52. The van der Waals surface area contributed by atoms with Crippen LogP contribution in [0.4, 0.5) is 4.79 Å². The highest BCUT2D eigenvalue weighted by molar-refractivity contribution is 5.91. The Morgan fingerprint density at radius 2 is 2.25 bits per heavy atom. The number of hydrazone groups is 1. The first-order valence-corrected chi connectivity index (χ1v) is 5.00. The van der Waals surface area contributed by atoms with Crippen LogP contribution in [-0.2, 0) is 4.79 Å². The Morgan fingerprint density at radius 3 is 2.81 bits per heavy atom. The largest absolute Gasteiger partial charge is 0.481 e. The van der Waals surface area contributed by atoms with Crippen LogP contribution >= 0.6 is 0 Å². The number of rotatable bonds is 3. The summed E-state index contributed by atoms with van der Waals surface area (Å²) in [5.74, 6) is -1.29. The topological polar surface area (TPSA) is 125 Å². The number of carbonyl (C=O) groups excluding carboxylic acids is 1. The van der Waals surface area contributed by atoms with Gasteiger partial charge in [0.25, 0.3) is 0 Å². The molecule has 16 heavy (non-hydrogen) atoms. The van der Waals surface area contributed by atoms with E-state index in [4.69, 9.17) is 10.8 Å². The summed E-state index contributed by atoms with van der Waals surface area (Å²) in [7, 11) is 0. The summed E-state index contributed by atoms with van der Waals surface area (Å²) in [6.45, 7) is 0. The van der Waals surface area contributed by atoms with Crippen molar-refractivity contribution in [1.82, 2.24) is 5.43 Å². The summed E-state index contributed by atoms with van der Waals surface area (Å²) < 4.78 is 0. The van der Waals surface area contributed by atoms with Crippen LogP contribution in [-0.4, -0.2) is 34.0 Å². The van der Waals surface area contributed by atoms with Gasteiger partial charge < -0.3 is 15.9 Å². The van der Waals surface area contributed by atoms with E-state index in [0.29, 0.717) is 25.0 Å². The summed E-state index contributed by atoms with van der Waals surface area (Å²) in [4.78, 5) is 21.1. The van der Waals surface area contributed by atoms with Crippen LogP contribution in [0.3, 0.4) is 0 Å². The number of amides is 2. The van der Waals surface area contributed by atoms with E-state index in [1.807, 2.05) is 0 Å². The number of urea groups is 1. The molecule has 1 rings (SSSR count). The minimum Gasteiger partial charge on any atom is -0.481 e. The van der Waals surface area contributed by atoms with Crippen LogP contribution < -0.4 is 11.2 Å². The van der Waals surface area contributed by atoms with Gasteiger partial charge in [0.2, 0.25) is 0 Å². The number of hydrogen-bond acceptors (Lipinski definition) is 4. The molecule has 0 spiro atoms. The molecule has 2 atom stereocenters. The Bertz CT molecular complexity index is 316. The maximum atomic E-state index is 10.6. The van der Waals surface area contributed by atoms with Gasteiger partial charge in [0.05, 0.1) is 12.5 Å². The van der Waals surface area contributed by atoms with Gasteiger partial charge in [-0.1, -0.05) is 0 Å². The molecule has 0 aromatic heterocycles. The van der Waals surface area contributed by atoms with Crippen molar-refractivity contribution in [3.8, 4) is 0 Å². The van der Waals surface area contributed by atoms with Gasteiger partial charge in [-0.15, -0.1) is 0 Å². The molecule has 0 aliphatic heterocycles. The molecule has 0 bridgehead atoms. The van der Waals surface area contributed by atoms with Crippen molar-refractivity contribution in [2.45, 2.75) is 31.8 Å². The molecule has 90 valence electrons. The van der Waals surface area contributed by atoms with E-state index in [1.165, 1.54) is 0 Å². The van der Waals surface area contributed by atoms with E-state index in [0.717, 1.165) is 0 Å². The SMILES string of the molecule is NC(=O)N/N=C1/CCC(O)CC1CC(=O)O. The van der Waals surface area contributed by atoms with Crippen molar-refractivity contribution in [1.29, 1.82) is 0 Å². The lowest BCUT2D eigenvalue weighted by Crippen LogP contribution is -2.33. The number of hydrogen-bond donors (Lipinski definition) is 4. The second kappa shape index (κ2) is 5.45. The number of nitrogens with two attached hydrogens (primary N) is 1. The molecular weight excluding hydrogens is 214 g/mol. The van der Waals surface area contributed by atoms with Crippen LogP contribution in [0.5, 0.6) is 0 Å². The number of carbonyl (C=O) groups is 2. The fourth-order valence-electron chi connectivity index (χ4n) is 1.79. The lowest BCUT2D eigenvalue weighted by atomic mass is 9.83. The van der Waals surface area contributed by atoms with Gasteiger partial charge in [0.1, 0.15) is 0 Å². The number of carboxylic acids is 1. The number of aliphatic carboxylic acids is 1. The highest BCUT2D eigenvalue weighted by Crippen LogP contribution is 2.24. The van der Waals surface area contributed by atoms with E-state index in [1.54, 1.807) is 0 Å². The molecule has 1 aliphatic rings. The van der Waals surface area contributed by atoms with Crippen molar-refractivity contribution >= 4 is 17.7 Å².